The molecule has 2 aliphatic rings. The van der Waals surface area contributed by atoms with Gasteiger partial charge in [0.2, 0.25) is 0 Å². The van der Waals surface area contributed by atoms with Gasteiger partial charge in [0, 0.05) is 17.5 Å². The van der Waals surface area contributed by atoms with Crippen LogP contribution in [0, 0.1) is 19.7 Å². The van der Waals surface area contributed by atoms with E-state index >= 15 is 0 Å². The third-order valence-corrected chi connectivity index (χ3v) is 6.63. The first kappa shape index (κ1) is 24.1. The molecule has 2 aromatic carbocycles. The van der Waals surface area contributed by atoms with Crippen molar-refractivity contribution in [3.63, 3.8) is 0 Å². The van der Waals surface area contributed by atoms with Crippen molar-refractivity contribution in [3.8, 4) is 0 Å². The van der Waals surface area contributed by atoms with Crippen LogP contribution >= 0.6 is 0 Å². The number of carbonyl (C=O) groups is 2. The number of halogens is 1. The molecule has 1 amide bonds. The number of carbonyl (C=O) groups excluding carboxylic acids is 2. The van der Waals surface area contributed by atoms with Crippen molar-refractivity contribution in [3.05, 3.63) is 70.5 Å². The predicted octanol–water partition coefficient (Wildman–Crippen LogP) is 4.54. The van der Waals surface area contributed by atoms with E-state index in [2.05, 4.69) is 6.07 Å². The normalized spacial score (nSPS) is 20.8. The molecule has 0 radical (unpaired) electrons. The number of ether oxygens (including phenoxy) is 1. The van der Waals surface area contributed by atoms with Gasteiger partial charge in [0.1, 0.15) is 11.9 Å². The number of aryl methyl sites for hydroxylation is 2. The molecule has 1 saturated heterocycles. The third kappa shape index (κ3) is 5.04. The summed E-state index contributed by atoms with van der Waals surface area (Å²) in [5.41, 5.74) is 4.39. The fourth-order valence-electron chi connectivity index (χ4n) is 4.96. The van der Waals surface area contributed by atoms with Crippen molar-refractivity contribution in [1.29, 1.82) is 0 Å². The van der Waals surface area contributed by atoms with Gasteiger partial charge in [-0.3, -0.25) is 14.5 Å². The number of piperidine rings is 1. The summed E-state index contributed by atoms with van der Waals surface area (Å²) < 4.78 is 20.0. The van der Waals surface area contributed by atoms with Gasteiger partial charge in [-0.25, -0.2) is 9.40 Å². The smallest absolute Gasteiger partial charge is 0.323 e. The predicted molar refractivity (Wildman–Crippen MR) is 129 cm³/mol. The molecule has 0 bridgehead atoms. The summed E-state index contributed by atoms with van der Waals surface area (Å²) in [6.07, 6.45) is 2.93. The summed E-state index contributed by atoms with van der Waals surface area (Å²) in [5.74, 6) is -0.893. The van der Waals surface area contributed by atoms with Gasteiger partial charge in [0.15, 0.2) is 0 Å². The summed E-state index contributed by atoms with van der Waals surface area (Å²) in [5, 5.41) is 6.13. The largest absolute Gasteiger partial charge is 0.465 e. The van der Waals surface area contributed by atoms with Crippen LogP contribution in [0.4, 0.5) is 4.39 Å². The van der Waals surface area contributed by atoms with Gasteiger partial charge in [0.05, 0.1) is 24.9 Å². The average Bonchev–Trinajstić information content (AvgIpc) is 3.25. The van der Waals surface area contributed by atoms with Crippen LogP contribution in [0.1, 0.15) is 60.9 Å². The van der Waals surface area contributed by atoms with Crippen LogP contribution in [0.25, 0.3) is 0 Å². The van der Waals surface area contributed by atoms with Gasteiger partial charge in [-0.05, 0) is 51.8 Å². The Bertz CT molecular complexity index is 1100. The van der Waals surface area contributed by atoms with Gasteiger partial charge in [-0.2, -0.15) is 5.10 Å². The monoisotopic (exact) mass is 465 g/mol. The number of hydrogen-bond donors (Lipinski definition) is 0. The van der Waals surface area contributed by atoms with Gasteiger partial charge < -0.3 is 4.74 Å². The molecule has 180 valence electrons. The van der Waals surface area contributed by atoms with Crippen molar-refractivity contribution in [2.24, 2.45) is 5.10 Å². The molecule has 34 heavy (non-hydrogen) atoms. The van der Waals surface area contributed by atoms with E-state index in [4.69, 9.17) is 9.84 Å². The van der Waals surface area contributed by atoms with Gasteiger partial charge in [-0.15, -0.1) is 0 Å². The molecule has 7 heteroatoms. The van der Waals surface area contributed by atoms with E-state index in [-0.39, 0.29) is 24.2 Å². The highest BCUT2D eigenvalue weighted by atomic mass is 19.1. The third-order valence-electron chi connectivity index (χ3n) is 6.63. The SMILES string of the molecule is CCOC(=O)C1CCCCN1CC(=O)N1N=C(c2ccc(C)cc2C)CC1c1ccccc1F. The molecular weight excluding hydrogens is 433 g/mol. The Morgan fingerprint density at radius 1 is 1.15 bits per heavy atom. The molecule has 2 aliphatic heterocycles. The highest BCUT2D eigenvalue weighted by molar-refractivity contribution is 6.04. The van der Waals surface area contributed by atoms with Crippen LogP contribution in [-0.4, -0.2) is 53.2 Å². The van der Waals surface area contributed by atoms with E-state index in [0.29, 0.717) is 31.6 Å². The van der Waals surface area contributed by atoms with Gasteiger partial charge >= 0.3 is 5.97 Å². The minimum Gasteiger partial charge on any atom is -0.465 e. The quantitative estimate of drug-likeness (QED) is 0.588. The van der Waals surface area contributed by atoms with Crippen LogP contribution in [0.5, 0.6) is 0 Å². The van der Waals surface area contributed by atoms with E-state index in [1.807, 2.05) is 30.9 Å². The molecule has 0 aromatic heterocycles. The fraction of sp³-hybridized carbons (Fsp3) is 0.444. The van der Waals surface area contributed by atoms with E-state index in [1.165, 1.54) is 11.1 Å². The molecule has 6 nitrogen and oxygen atoms in total. The minimum absolute atomic E-state index is 0.0398. The summed E-state index contributed by atoms with van der Waals surface area (Å²) in [6, 6.07) is 11.7. The second-order valence-electron chi connectivity index (χ2n) is 9.08. The Labute approximate surface area is 200 Å². The second-order valence-corrected chi connectivity index (χ2v) is 9.08. The first-order valence-corrected chi connectivity index (χ1v) is 12.0. The molecule has 0 saturated carbocycles. The van der Waals surface area contributed by atoms with Crippen LogP contribution in [0.3, 0.4) is 0 Å². The Balaban J connectivity index is 1.63. The van der Waals surface area contributed by atoms with Gasteiger partial charge in [0.25, 0.3) is 5.91 Å². The zero-order chi connectivity index (χ0) is 24.2. The maximum absolute atomic E-state index is 14.8. The lowest BCUT2D eigenvalue weighted by molar-refractivity contribution is -0.152. The molecule has 0 aliphatic carbocycles. The number of esters is 1. The standard InChI is InChI=1S/C27H32FN3O3/c1-4-34-27(33)24-11-7-8-14-30(24)17-26(32)31-25(21-9-5-6-10-22(21)28)16-23(29-31)20-13-12-18(2)15-19(20)3/h5-6,9-10,12-13,15,24-25H,4,7-8,11,14,16-17H2,1-3H3. The highest BCUT2D eigenvalue weighted by Gasteiger charge is 2.38. The number of benzene rings is 2. The maximum Gasteiger partial charge on any atom is 0.323 e. The van der Waals surface area contributed by atoms with E-state index < -0.39 is 12.1 Å². The number of hydrazone groups is 1. The molecule has 1 fully saturated rings. The maximum atomic E-state index is 14.8. The molecule has 2 heterocycles. The lowest BCUT2D eigenvalue weighted by Gasteiger charge is -2.34. The molecule has 4 rings (SSSR count). The number of likely N-dealkylation sites (tertiary alicyclic amines) is 1. The molecule has 2 aromatic rings. The second kappa shape index (κ2) is 10.5. The van der Waals surface area contributed by atoms with Crippen LogP contribution in [-0.2, 0) is 14.3 Å². The number of nitrogens with zero attached hydrogens (tertiary/aromatic N) is 3. The zero-order valence-corrected chi connectivity index (χ0v) is 20.1. The molecule has 2 atom stereocenters. The summed E-state index contributed by atoms with van der Waals surface area (Å²) in [6.45, 7) is 6.82. The average molecular weight is 466 g/mol. The molecule has 0 N–H and O–H groups in total. The van der Waals surface area contributed by atoms with Crippen molar-refractivity contribution in [1.82, 2.24) is 9.91 Å². The number of amides is 1. The fourth-order valence-corrected chi connectivity index (χ4v) is 4.96. The minimum atomic E-state index is -0.532. The number of rotatable bonds is 6. The van der Waals surface area contributed by atoms with Crippen molar-refractivity contribution in [2.75, 3.05) is 19.7 Å². The Morgan fingerprint density at radius 3 is 2.68 bits per heavy atom. The van der Waals surface area contributed by atoms with Crippen molar-refractivity contribution >= 4 is 17.6 Å². The summed E-state index contributed by atoms with van der Waals surface area (Å²) >= 11 is 0. The van der Waals surface area contributed by atoms with Crippen LogP contribution in [0.2, 0.25) is 0 Å². The highest BCUT2D eigenvalue weighted by Crippen LogP contribution is 2.35. The lowest BCUT2D eigenvalue weighted by Crippen LogP contribution is -2.49. The first-order valence-electron chi connectivity index (χ1n) is 12.0. The van der Waals surface area contributed by atoms with E-state index in [1.54, 1.807) is 25.1 Å². The van der Waals surface area contributed by atoms with E-state index in [0.717, 1.165) is 35.2 Å². The zero-order valence-electron chi connectivity index (χ0n) is 20.1. The molecular formula is C27H32FN3O3. The van der Waals surface area contributed by atoms with Crippen LogP contribution in [0.15, 0.2) is 47.6 Å². The van der Waals surface area contributed by atoms with Crippen molar-refractivity contribution < 1.29 is 18.7 Å². The lowest BCUT2D eigenvalue weighted by atomic mass is 9.95. The van der Waals surface area contributed by atoms with Crippen LogP contribution < -0.4 is 0 Å². The molecule has 2 unspecified atom stereocenters. The number of hydrogen-bond acceptors (Lipinski definition) is 5. The van der Waals surface area contributed by atoms with E-state index in [9.17, 15) is 14.0 Å². The summed E-state index contributed by atoms with van der Waals surface area (Å²) in [7, 11) is 0. The Hall–Kier alpha value is -3.06. The molecule has 0 spiro atoms. The Morgan fingerprint density at radius 2 is 1.94 bits per heavy atom. The topological polar surface area (TPSA) is 62.2 Å². The summed E-state index contributed by atoms with van der Waals surface area (Å²) in [4.78, 5) is 27.9. The van der Waals surface area contributed by atoms with Crippen molar-refractivity contribution in [2.45, 2.75) is 58.5 Å². The first-order chi connectivity index (χ1) is 16.4. The van der Waals surface area contributed by atoms with Gasteiger partial charge in [-0.1, -0.05) is 48.4 Å². The Kier molecular flexibility index (Phi) is 7.41.